The van der Waals surface area contributed by atoms with E-state index in [1.165, 1.54) is 0 Å². The summed E-state index contributed by atoms with van der Waals surface area (Å²) in [6.45, 7) is 5.72. The van der Waals surface area contributed by atoms with E-state index in [-0.39, 0.29) is 22.9 Å². The van der Waals surface area contributed by atoms with Crippen molar-refractivity contribution >= 4 is 29.0 Å². The number of benzene rings is 2. The monoisotopic (exact) mass is 446 g/mol. The summed E-state index contributed by atoms with van der Waals surface area (Å²) in [7, 11) is 1.55. The summed E-state index contributed by atoms with van der Waals surface area (Å²) in [4.78, 5) is 38.6. The van der Waals surface area contributed by atoms with Gasteiger partial charge < -0.3 is 19.8 Å². The second-order valence-electron chi connectivity index (χ2n) is 8.98. The first kappa shape index (κ1) is 22.3. The third-order valence-electron chi connectivity index (χ3n) is 5.73. The Morgan fingerprint density at radius 1 is 1.00 bits per heavy atom. The number of rotatable bonds is 5. The molecular formula is C26H26N2O5. The Morgan fingerprint density at radius 3 is 2.52 bits per heavy atom. The number of carbonyl (C=O) groups is 3. The lowest BCUT2D eigenvalue weighted by molar-refractivity contribution is 0.0898. The van der Waals surface area contributed by atoms with E-state index in [0.717, 1.165) is 0 Å². The number of furan rings is 1. The van der Waals surface area contributed by atoms with Gasteiger partial charge in [0.2, 0.25) is 0 Å². The molecule has 0 saturated carbocycles. The molecule has 170 valence electrons. The van der Waals surface area contributed by atoms with Crippen molar-refractivity contribution in [3.8, 4) is 5.75 Å². The number of Topliss-reactive ketones (excluding diaryl/α,β-unsaturated/α-hetero) is 1. The van der Waals surface area contributed by atoms with Gasteiger partial charge in [0.15, 0.2) is 11.5 Å². The molecule has 0 spiro atoms. The SMILES string of the molecule is COc1cccc(NC(=O)c2ccccc2NC(=O)c2oc3c(c2C)C(=O)CC(C)(C)C3)c1. The summed E-state index contributed by atoms with van der Waals surface area (Å²) in [6.07, 6.45) is 0.996. The first-order valence-corrected chi connectivity index (χ1v) is 10.7. The van der Waals surface area contributed by atoms with Crippen molar-refractivity contribution in [3.05, 3.63) is 76.7 Å². The third-order valence-corrected chi connectivity index (χ3v) is 5.73. The molecule has 33 heavy (non-hydrogen) atoms. The summed E-state index contributed by atoms with van der Waals surface area (Å²) in [5.74, 6) is 0.349. The molecule has 0 saturated heterocycles. The molecule has 1 aliphatic carbocycles. The van der Waals surface area contributed by atoms with Gasteiger partial charge in [-0.3, -0.25) is 14.4 Å². The minimum Gasteiger partial charge on any atom is -0.497 e. The fraction of sp³-hybridized carbons (Fsp3) is 0.269. The molecule has 2 aromatic carbocycles. The quantitative estimate of drug-likeness (QED) is 0.557. The molecule has 1 aromatic heterocycles. The lowest BCUT2D eigenvalue weighted by Crippen LogP contribution is -2.26. The van der Waals surface area contributed by atoms with Crippen LogP contribution in [0.4, 0.5) is 11.4 Å². The third kappa shape index (κ3) is 4.53. The first-order valence-electron chi connectivity index (χ1n) is 10.7. The topological polar surface area (TPSA) is 97.6 Å². The predicted octanol–water partition coefficient (Wildman–Crippen LogP) is 5.26. The molecule has 7 heteroatoms. The average molecular weight is 447 g/mol. The zero-order chi connectivity index (χ0) is 23.8. The normalized spacial score (nSPS) is 14.4. The number of amides is 2. The van der Waals surface area contributed by atoms with Crippen LogP contribution < -0.4 is 15.4 Å². The molecule has 0 unspecified atom stereocenters. The van der Waals surface area contributed by atoms with E-state index >= 15 is 0 Å². The Labute approximate surface area is 192 Å². The maximum absolute atomic E-state index is 13.1. The van der Waals surface area contributed by atoms with Gasteiger partial charge in [0, 0.05) is 30.2 Å². The van der Waals surface area contributed by atoms with E-state index < -0.39 is 5.91 Å². The largest absolute Gasteiger partial charge is 0.497 e. The number of methoxy groups -OCH3 is 1. The highest BCUT2D eigenvalue weighted by molar-refractivity contribution is 6.13. The number of para-hydroxylation sites is 1. The van der Waals surface area contributed by atoms with E-state index in [4.69, 9.17) is 9.15 Å². The highest BCUT2D eigenvalue weighted by atomic mass is 16.5. The molecule has 1 aliphatic rings. The number of carbonyl (C=O) groups excluding carboxylic acids is 3. The fourth-order valence-corrected chi connectivity index (χ4v) is 4.17. The van der Waals surface area contributed by atoms with E-state index in [2.05, 4.69) is 10.6 Å². The van der Waals surface area contributed by atoms with Crippen LogP contribution in [0.5, 0.6) is 5.75 Å². The van der Waals surface area contributed by atoms with Crippen LogP contribution >= 0.6 is 0 Å². The Morgan fingerprint density at radius 2 is 1.76 bits per heavy atom. The maximum Gasteiger partial charge on any atom is 0.291 e. The van der Waals surface area contributed by atoms with Crippen LogP contribution in [0.15, 0.2) is 52.9 Å². The van der Waals surface area contributed by atoms with Crippen LogP contribution in [0.3, 0.4) is 0 Å². The van der Waals surface area contributed by atoms with Gasteiger partial charge in [0.05, 0.1) is 23.9 Å². The number of ketones is 1. The van der Waals surface area contributed by atoms with Gasteiger partial charge >= 0.3 is 0 Å². The molecule has 2 N–H and O–H groups in total. The first-order chi connectivity index (χ1) is 15.7. The Balaban J connectivity index is 1.58. The van der Waals surface area contributed by atoms with Crippen molar-refractivity contribution in [3.63, 3.8) is 0 Å². The minimum atomic E-state index is -0.505. The minimum absolute atomic E-state index is 0.0142. The Bertz CT molecular complexity index is 1260. The Kier molecular flexibility index (Phi) is 5.80. The van der Waals surface area contributed by atoms with Crippen molar-refractivity contribution in [1.29, 1.82) is 0 Å². The molecule has 0 fully saturated rings. The van der Waals surface area contributed by atoms with Crippen LogP contribution in [-0.2, 0) is 6.42 Å². The second-order valence-corrected chi connectivity index (χ2v) is 8.98. The highest BCUT2D eigenvalue weighted by Gasteiger charge is 2.37. The lowest BCUT2D eigenvalue weighted by Gasteiger charge is -2.27. The summed E-state index contributed by atoms with van der Waals surface area (Å²) in [5.41, 5.74) is 2.01. The number of fused-ring (bicyclic) bond motifs is 1. The number of hydrogen-bond acceptors (Lipinski definition) is 5. The fourth-order valence-electron chi connectivity index (χ4n) is 4.17. The molecule has 7 nitrogen and oxygen atoms in total. The van der Waals surface area contributed by atoms with Crippen molar-refractivity contribution in [2.75, 3.05) is 17.7 Å². The number of hydrogen-bond donors (Lipinski definition) is 2. The van der Waals surface area contributed by atoms with Gasteiger partial charge in [-0.25, -0.2) is 0 Å². The zero-order valence-electron chi connectivity index (χ0n) is 19.1. The zero-order valence-corrected chi connectivity index (χ0v) is 19.1. The molecule has 3 aromatic rings. The number of ether oxygens (including phenoxy) is 1. The molecular weight excluding hydrogens is 420 g/mol. The molecule has 0 radical (unpaired) electrons. The second kappa shape index (κ2) is 8.58. The molecule has 1 heterocycles. The van der Waals surface area contributed by atoms with Gasteiger partial charge in [0.25, 0.3) is 11.8 Å². The average Bonchev–Trinajstić information content (AvgIpc) is 3.09. The lowest BCUT2D eigenvalue weighted by atomic mass is 9.76. The van der Waals surface area contributed by atoms with Crippen LogP contribution in [0.2, 0.25) is 0 Å². The molecule has 0 atom stereocenters. The van der Waals surface area contributed by atoms with Crippen molar-refractivity contribution in [1.82, 2.24) is 0 Å². The standard InChI is InChI=1S/C26H26N2O5/c1-15-22-20(29)13-26(2,3)14-21(22)33-23(15)25(31)28-19-11-6-5-10-18(19)24(30)27-16-8-7-9-17(12-16)32-4/h5-12H,13-14H2,1-4H3,(H,27,30)(H,28,31). The van der Waals surface area contributed by atoms with E-state index in [1.807, 2.05) is 13.8 Å². The molecule has 0 bridgehead atoms. The van der Waals surface area contributed by atoms with E-state index in [9.17, 15) is 14.4 Å². The van der Waals surface area contributed by atoms with Gasteiger partial charge in [-0.1, -0.05) is 32.0 Å². The van der Waals surface area contributed by atoms with Crippen LogP contribution in [0, 0.1) is 12.3 Å². The molecule has 2 amide bonds. The van der Waals surface area contributed by atoms with Gasteiger partial charge in [-0.05, 0) is 36.6 Å². The van der Waals surface area contributed by atoms with Gasteiger partial charge in [-0.15, -0.1) is 0 Å². The van der Waals surface area contributed by atoms with Crippen LogP contribution in [0.25, 0.3) is 0 Å². The van der Waals surface area contributed by atoms with E-state index in [1.54, 1.807) is 62.6 Å². The predicted molar refractivity (Wildman–Crippen MR) is 125 cm³/mol. The summed E-state index contributed by atoms with van der Waals surface area (Å²) >= 11 is 0. The summed E-state index contributed by atoms with van der Waals surface area (Å²) in [5, 5.41) is 5.59. The van der Waals surface area contributed by atoms with Crippen LogP contribution in [-0.4, -0.2) is 24.7 Å². The van der Waals surface area contributed by atoms with Gasteiger partial charge in [0.1, 0.15) is 11.5 Å². The van der Waals surface area contributed by atoms with Gasteiger partial charge in [-0.2, -0.15) is 0 Å². The van der Waals surface area contributed by atoms with Crippen molar-refractivity contribution in [2.45, 2.75) is 33.6 Å². The van der Waals surface area contributed by atoms with Crippen molar-refractivity contribution in [2.24, 2.45) is 5.41 Å². The van der Waals surface area contributed by atoms with E-state index in [0.29, 0.717) is 52.4 Å². The molecule has 4 rings (SSSR count). The molecule has 0 aliphatic heterocycles. The summed E-state index contributed by atoms with van der Waals surface area (Å²) in [6, 6.07) is 13.7. The van der Waals surface area contributed by atoms with Crippen LogP contribution in [0.1, 0.15) is 62.9 Å². The van der Waals surface area contributed by atoms with Crippen molar-refractivity contribution < 1.29 is 23.5 Å². The number of anilines is 2. The highest BCUT2D eigenvalue weighted by Crippen LogP contribution is 2.38. The smallest absolute Gasteiger partial charge is 0.291 e. The maximum atomic E-state index is 13.1. The summed E-state index contributed by atoms with van der Waals surface area (Å²) < 4.78 is 11.0. The number of nitrogens with one attached hydrogen (secondary N) is 2. The Hall–Kier alpha value is -3.87.